The summed E-state index contributed by atoms with van der Waals surface area (Å²) < 4.78 is 29.4. The number of anilines is 1. The number of hydrogen-bond donors (Lipinski definition) is 3. The van der Waals surface area contributed by atoms with Crippen LogP contribution < -0.4 is 10.0 Å². The van der Waals surface area contributed by atoms with Crippen LogP contribution in [0.5, 0.6) is 0 Å². The van der Waals surface area contributed by atoms with E-state index in [2.05, 4.69) is 15.0 Å². The van der Waals surface area contributed by atoms with Gasteiger partial charge in [0.05, 0.1) is 15.6 Å². The Kier molecular flexibility index (Phi) is 11.4. The molecule has 2 rings (SSSR count). The van der Waals surface area contributed by atoms with Gasteiger partial charge in [0.1, 0.15) is 6.04 Å². The average Bonchev–Trinajstić information content (AvgIpc) is 2.79. The summed E-state index contributed by atoms with van der Waals surface area (Å²) in [7, 11) is -3.98. The van der Waals surface area contributed by atoms with E-state index in [4.69, 9.17) is 23.2 Å². The van der Waals surface area contributed by atoms with Crippen LogP contribution in [0.4, 0.5) is 5.69 Å². The molecule has 0 aliphatic heterocycles. The molecule has 9 nitrogen and oxygen atoms in total. The minimum absolute atomic E-state index is 0.0692. The number of carbonyl (C=O) groups is 2. The van der Waals surface area contributed by atoms with Crippen molar-refractivity contribution in [3.8, 4) is 0 Å². The lowest BCUT2D eigenvalue weighted by Gasteiger charge is -2.24. The van der Waals surface area contributed by atoms with Gasteiger partial charge in [-0.15, -0.1) is 0 Å². The maximum Gasteiger partial charge on any atom is 0.322 e. The number of unbranched alkanes of at least 4 members (excludes halogenated alkanes) is 2. The zero-order valence-electron chi connectivity index (χ0n) is 19.6. The topological polar surface area (TPSA) is 129 Å². The third-order valence-corrected chi connectivity index (χ3v) is 7.38. The van der Waals surface area contributed by atoms with Gasteiger partial charge >= 0.3 is 5.97 Å². The Morgan fingerprint density at radius 2 is 1.57 bits per heavy atom. The zero-order valence-corrected chi connectivity index (χ0v) is 22.0. The predicted octanol–water partition coefficient (Wildman–Crippen LogP) is 4.37. The minimum atomic E-state index is -3.98. The SMILES string of the molecule is CCCCN(CCCC)S(=O)(=O)NC(Cc1ccc(NC(=O)c2c(Cl)cncc2Cl)cc1)C(=O)O. The second kappa shape index (κ2) is 13.7. The van der Waals surface area contributed by atoms with Gasteiger partial charge in [-0.25, -0.2) is 0 Å². The van der Waals surface area contributed by atoms with Gasteiger partial charge in [0.15, 0.2) is 0 Å². The highest BCUT2D eigenvalue weighted by Gasteiger charge is 2.29. The van der Waals surface area contributed by atoms with Gasteiger partial charge in [-0.2, -0.15) is 17.4 Å². The van der Waals surface area contributed by atoms with Crippen molar-refractivity contribution in [1.29, 1.82) is 0 Å². The van der Waals surface area contributed by atoms with Crippen molar-refractivity contribution in [2.45, 2.75) is 52.0 Å². The first-order chi connectivity index (χ1) is 16.6. The van der Waals surface area contributed by atoms with Gasteiger partial charge in [-0.05, 0) is 37.0 Å². The summed E-state index contributed by atoms with van der Waals surface area (Å²) in [4.78, 5) is 28.2. The van der Waals surface area contributed by atoms with E-state index in [1.165, 1.54) is 16.7 Å². The first-order valence-electron chi connectivity index (χ1n) is 11.3. The van der Waals surface area contributed by atoms with E-state index in [9.17, 15) is 23.1 Å². The number of nitrogens with zero attached hydrogens (tertiary/aromatic N) is 2. The van der Waals surface area contributed by atoms with Crippen molar-refractivity contribution >= 4 is 51.0 Å². The molecule has 1 atom stereocenters. The Labute approximate surface area is 216 Å². The van der Waals surface area contributed by atoms with Crippen LogP contribution in [0.1, 0.15) is 55.5 Å². The standard InChI is InChI=1S/C23H30Cl2N4O5S/c1-3-5-11-29(12-6-4-2)35(33,34)28-20(23(31)32)13-16-7-9-17(10-8-16)27-22(30)21-18(24)14-26-15-19(21)25/h7-10,14-15,20,28H,3-6,11-13H2,1-2H3,(H,27,30)(H,31,32). The number of carboxylic acid groups (broad SMARTS) is 1. The van der Waals surface area contributed by atoms with Crippen LogP contribution in [-0.4, -0.2) is 53.8 Å². The quantitative estimate of drug-likeness (QED) is 0.323. The van der Waals surface area contributed by atoms with Gasteiger partial charge < -0.3 is 10.4 Å². The van der Waals surface area contributed by atoms with Gasteiger partial charge in [0, 0.05) is 31.2 Å². The van der Waals surface area contributed by atoms with E-state index in [-0.39, 0.29) is 22.0 Å². The summed E-state index contributed by atoms with van der Waals surface area (Å²) in [6.45, 7) is 4.59. The number of benzene rings is 1. The van der Waals surface area contributed by atoms with Gasteiger partial charge in [-0.3, -0.25) is 14.6 Å². The molecule has 1 aromatic carbocycles. The first kappa shape index (κ1) is 29.0. The second-order valence-corrected chi connectivity index (χ2v) is 10.5. The summed E-state index contributed by atoms with van der Waals surface area (Å²) in [6.07, 6.45) is 5.57. The van der Waals surface area contributed by atoms with Crippen molar-refractivity contribution < 1.29 is 23.1 Å². The molecular weight excluding hydrogens is 515 g/mol. The molecule has 2 aromatic rings. The van der Waals surface area contributed by atoms with Crippen LogP contribution in [0.2, 0.25) is 10.0 Å². The number of halogens is 2. The van der Waals surface area contributed by atoms with Crippen molar-refractivity contribution in [2.24, 2.45) is 0 Å². The van der Waals surface area contributed by atoms with Gasteiger partial charge in [0.2, 0.25) is 0 Å². The lowest BCUT2D eigenvalue weighted by Crippen LogP contribution is -2.49. The highest BCUT2D eigenvalue weighted by Crippen LogP contribution is 2.24. The number of aliphatic carboxylic acids is 1. The highest BCUT2D eigenvalue weighted by molar-refractivity contribution is 7.87. The number of carboxylic acids is 1. The van der Waals surface area contributed by atoms with Crippen molar-refractivity contribution in [3.63, 3.8) is 0 Å². The molecule has 0 aliphatic carbocycles. The number of rotatable bonds is 14. The molecule has 0 spiro atoms. The average molecular weight is 545 g/mol. The molecule has 12 heteroatoms. The molecule has 0 aliphatic rings. The molecule has 1 amide bonds. The molecule has 0 saturated heterocycles. The largest absolute Gasteiger partial charge is 0.480 e. The fourth-order valence-corrected chi connectivity index (χ4v) is 5.20. The Morgan fingerprint density at radius 3 is 2.06 bits per heavy atom. The smallest absolute Gasteiger partial charge is 0.322 e. The third-order valence-electron chi connectivity index (χ3n) is 5.18. The molecule has 0 fully saturated rings. The van der Waals surface area contributed by atoms with Crippen molar-refractivity contribution in [2.75, 3.05) is 18.4 Å². The molecular formula is C23H30Cl2N4O5S. The summed E-state index contributed by atoms with van der Waals surface area (Å²) in [5.41, 5.74) is 1.09. The lowest BCUT2D eigenvalue weighted by molar-refractivity contribution is -0.138. The first-order valence-corrected chi connectivity index (χ1v) is 13.5. The second-order valence-electron chi connectivity index (χ2n) is 7.95. The number of pyridine rings is 1. The minimum Gasteiger partial charge on any atom is -0.480 e. The molecule has 0 radical (unpaired) electrons. The number of hydrogen-bond acceptors (Lipinski definition) is 5. The van der Waals surface area contributed by atoms with Crippen LogP contribution in [-0.2, 0) is 21.4 Å². The summed E-state index contributed by atoms with van der Waals surface area (Å²) in [6, 6.07) is 5.04. The van der Waals surface area contributed by atoms with E-state index in [1.54, 1.807) is 24.3 Å². The van der Waals surface area contributed by atoms with E-state index < -0.39 is 28.1 Å². The third kappa shape index (κ3) is 8.73. The van der Waals surface area contributed by atoms with Crippen LogP contribution in [0.15, 0.2) is 36.7 Å². The fraction of sp³-hybridized carbons (Fsp3) is 0.435. The van der Waals surface area contributed by atoms with Crippen LogP contribution in [0, 0.1) is 0 Å². The van der Waals surface area contributed by atoms with E-state index in [1.807, 2.05) is 13.8 Å². The van der Waals surface area contributed by atoms with Crippen LogP contribution >= 0.6 is 23.2 Å². The van der Waals surface area contributed by atoms with Crippen molar-refractivity contribution in [1.82, 2.24) is 14.0 Å². The molecule has 3 N–H and O–H groups in total. The van der Waals surface area contributed by atoms with Gasteiger partial charge in [-0.1, -0.05) is 62.0 Å². The maximum absolute atomic E-state index is 12.9. The summed E-state index contributed by atoms with van der Waals surface area (Å²) >= 11 is 12.0. The number of amides is 1. The lowest BCUT2D eigenvalue weighted by atomic mass is 10.1. The predicted molar refractivity (Wildman–Crippen MR) is 137 cm³/mol. The Bertz CT molecular complexity index is 1090. The number of nitrogens with one attached hydrogen (secondary N) is 2. The molecule has 192 valence electrons. The summed E-state index contributed by atoms with van der Waals surface area (Å²) in [5.74, 6) is -1.80. The molecule has 35 heavy (non-hydrogen) atoms. The van der Waals surface area contributed by atoms with E-state index in [0.29, 0.717) is 37.2 Å². The van der Waals surface area contributed by atoms with Gasteiger partial charge in [0.25, 0.3) is 16.1 Å². The molecule has 1 unspecified atom stereocenters. The van der Waals surface area contributed by atoms with E-state index >= 15 is 0 Å². The van der Waals surface area contributed by atoms with Crippen LogP contribution in [0.25, 0.3) is 0 Å². The monoisotopic (exact) mass is 544 g/mol. The molecule has 1 heterocycles. The zero-order chi connectivity index (χ0) is 26.0. The molecule has 0 bridgehead atoms. The van der Waals surface area contributed by atoms with Crippen molar-refractivity contribution in [3.05, 3.63) is 57.8 Å². The molecule has 0 saturated carbocycles. The molecule has 1 aromatic heterocycles. The number of carbonyl (C=O) groups excluding carboxylic acids is 1. The fourth-order valence-electron chi connectivity index (χ4n) is 3.24. The normalized spacial score (nSPS) is 12.5. The Hall–Kier alpha value is -2.24. The number of aromatic nitrogens is 1. The van der Waals surface area contributed by atoms with E-state index in [0.717, 1.165) is 12.8 Å². The Balaban J connectivity index is 2.10. The maximum atomic E-state index is 12.9. The summed E-state index contributed by atoms with van der Waals surface area (Å²) in [5, 5.41) is 12.5. The highest BCUT2D eigenvalue weighted by atomic mass is 35.5. The Morgan fingerprint density at radius 1 is 1.03 bits per heavy atom. The van der Waals surface area contributed by atoms with Crippen LogP contribution in [0.3, 0.4) is 0 Å².